The predicted octanol–water partition coefficient (Wildman–Crippen LogP) is 3.82. The Bertz CT molecular complexity index is 176. The van der Waals surface area contributed by atoms with E-state index >= 15 is 0 Å². The topological polar surface area (TPSA) is 37.3 Å². The Morgan fingerprint density at radius 2 is 1.75 bits per heavy atom. The highest BCUT2D eigenvalue weighted by Gasteiger charge is 2.25. The average Bonchev–Trinajstić information content (AvgIpc) is 2.22. The van der Waals surface area contributed by atoms with Crippen LogP contribution in [-0.4, -0.2) is 17.0 Å². The number of aliphatic hydroxyl groups is 1. The van der Waals surface area contributed by atoms with Crippen LogP contribution in [0.15, 0.2) is 0 Å². The quantitative estimate of drug-likeness (QED) is 0.644. The highest BCUT2D eigenvalue weighted by atomic mass is 16.3. The van der Waals surface area contributed by atoms with E-state index in [1.54, 1.807) is 0 Å². The SMILES string of the molecule is C.CCCCCC(CC)C(O)C(=O)C(C)C. The van der Waals surface area contributed by atoms with Gasteiger partial charge in [0.05, 0.1) is 0 Å². The molecule has 0 aliphatic heterocycles. The van der Waals surface area contributed by atoms with Gasteiger partial charge in [0, 0.05) is 5.92 Å². The highest BCUT2D eigenvalue weighted by molar-refractivity contribution is 5.84. The molecular weight excluding hydrogens is 200 g/mol. The molecule has 0 aliphatic carbocycles. The van der Waals surface area contributed by atoms with Gasteiger partial charge in [0.15, 0.2) is 5.78 Å². The Hall–Kier alpha value is -0.370. The van der Waals surface area contributed by atoms with Crippen molar-refractivity contribution in [3.05, 3.63) is 0 Å². The van der Waals surface area contributed by atoms with Gasteiger partial charge in [0.2, 0.25) is 0 Å². The summed E-state index contributed by atoms with van der Waals surface area (Å²) >= 11 is 0. The molecule has 98 valence electrons. The number of unbranched alkanes of at least 4 members (excludes halogenated alkanes) is 2. The van der Waals surface area contributed by atoms with E-state index in [1.807, 2.05) is 20.8 Å². The van der Waals surface area contributed by atoms with Crippen LogP contribution in [0.3, 0.4) is 0 Å². The molecule has 0 aromatic rings. The zero-order valence-corrected chi connectivity index (χ0v) is 10.6. The minimum atomic E-state index is -0.744. The van der Waals surface area contributed by atoms with E-state index in [2.05, 4.69) is 6.92 Å². The van der Waals surface area contributed by atoms with Crippen molar-refractivity contribution in [2.24, 2.45) is 11.8 Å². The first kappa shape index (κ1) is 18.0. The van der Waals surface area contributed by atoms with Gasteiger partial charge < -0.3 is 5.11 Å². The number of Topliss-reactive ketones (excluding diaryl/α,β-unsaturated/α-hetero) is 1. The van der Waals surface area contributed by atoms with Gasteiger partial charge in [-0.15, -0.1) is 0 Å². The lowest BCUT2D eigenvalue weighted by Crippen LogP contribution is -2.32. The van der Waals surface area contributed by atoms with Gasteiger partial charge >= 0.3 is 0 Å². The number of hydrogen-bond donors (Lipinski definition) is 1. The van der Waals surface area contributed by atoms with Crippen LogP contribution in [0, 0.1) is 11.8 Å². The lowest BCUT2D eigenvalue weighted by atomic mass is 9.87. The summed E-state index contributed by atoms with van der Waals surface area (Å²) in [4.78, 5) is 11.6. The second-order valence-corrected chi connectivity index (χ2v) is 4.67. The summed E-state index contributed by atoms with van der Waals surface area (Å²) < 4.78 is 0. The van der Waals surface area contributed by atoms with E-state index in [4.69, 9.17) is 0 Å². The maximum Gasteiger partial charge on any atom is 0.164 e. The Morgan fingerprint density at radius 3 is 2.12 bits per heavy atom. The molecule has 2 unspecified atom stereocenters. The molecule has 2 heteroatoms. The molecule has 0 saturated carbocycles. The number of aliphatic hydroxyl groups excluding tert-OH is 1. The van der Waals surface area contributed by atoms with Crippen molar-refractivity contribution in [3.8, 4) is 0 Å². The molecule has 0 fully saturated rings. The molecule has 0 bridgehead atoms. The fourth-order valence-corrected chi connectivity index (χ4v) is 1.82. The van der Waals surface area contributed by atoms with Crippen LogP contribution >= 0.6 is 0 Å². The molecule has 0 aromatic carbocycles. The van der Waals surface area contributed by atoms with Crippen molar-refractivity contribution < 1.29 is 9.90 Å². The average molecular weight is 230 g/mol. The smallest absolute Gasteiger partial charge is 0.164 e. The normalized spacial score (nSPS) is 14.4. The van der Waals surface area contributed by atoms with Gasteiger partial charge in [-0.05, 0) is 12.3 Å². The molecule has 0 heterocycles. The molecule has 0 radical (unpaired) electrons. The molecule has 0 rings (SSSR count). The Labute approximate surface area is 101 Å². The largest absolute Gasteiger partial charge is 0.385 e. The summed E-state index contributed by atoms with van der Waals surface area (Å²) in [6.07, 6.45) is 4.63. The lowest BCUT2D eigenvalue weighted by Gasteiger charge is -2.21. The van der Waals surface area contributed by atoms with Crippen LogP contribution in [0.2, 0.25) is 0 Å². The van der Waals surface area contributed by atoms with Crippen molar-refractivity contribution in [2.75, 3.05) is 0 Å². The summed E-state index contributed by atoms with van der Waals surface area (Å²) in [5, 5.41) is 9.90. The second kappa shape index (κ2) is 9.83. The van der Waals surface area contributed by atoms with Crippen LogP contribution in [0.25, 0.3) is 0 Å². The number of carbonyl (C=O) groups excluding carboxylic acids is 1. The predicted molar refractivity (Wildman–Crippen MR) is 70.5 cm³/mol. The van der Waals surface area contributed by atoms with Gasteiger partial charge in [0.1, 0.15) is 6.10 Å². The van der Waals surface area contributed by atoms with Crippen molar-refractivity contribution >= 4 is 5.78 Å². The number of rotatable bonds is 8. The van der Waals surface area contributed by atoms with Crippen LogP contribution in [0.5, 0.6) is 0 Å². The number of ketones is 1. The summed E-state index contributed by atoms with van der Waals surface area (Å²) in [5.74, 6) is 0.102. The Balaban J connectivity index is 0. The van der Waals surface area contributed by atoms with Crippen LogP contribution < -0.4 is 0 Å². The maximum absolute atomic E-state index is 11.6. The molecule has 16 heavy (non-hydrogen) atoms. The molecule has 0 saturated heterocycles. The summed E-state index contributed by atoms with van der Waals surface area (Å²) in [7, 11) is 0. The molecule has 0 aromatic heterocycles. The van der Waals surface area contributed by atoms with Crippen LogP contribution in [0.4, 0.5) is 0 Å². The van der Waals surface area contributed by atoms with E-state index in [0.717, 1.165) is 19.3 Å². The van der Waals surface area contributed by atoms with Crippen molar-refractivity contribution in [1.29, 1.82) is 0 Å². The maximum atomic E-state index is 11.6. The Kier molecular flexibility index (Phi) is 11.1. The summed E-state index contributed by atoms with van der Waals surface area (Å²) in [5.41, 5.74) is 0. The zero-order valence-electron chi connectivity index (χ0n) is 10.6. The number of carbonyl (C=O) groups is 1. The Morgan fingerprint density at radius 1 is 1.19 bits per heavy atom. The first-order chi connectivity index (χ1) is 7.04. The zero-order chi connectivity index (χ0) is 11.8. The van der Waals surface area contributed by atoms with E-state index in [-0.39, 0.29) is 25.0 Å². The fraction of sp³-hybridized carbons (Fsp3) is 0.929. The third kappa shape index (κ3) is 6.26. The van der Waals surface area contributed by atoms with Crippen molar-refractivity contribution in [3.63, 3.8) is 0 Å². The van der Waals surface area contributed by atoms with E-state index in [0.29, 0.717) is 0 Å². The molecule has 2 nitrogen and oxygen atoms in total. The van der Waals surface area contributed by atoms with Crippen LogP contribution in [-0.2, 0) is 4.79 Å². The summed E-state index contributed by atoms with van der Waals surface area (Å²) in [6.45, 7) is 7.92. The van der Waals surface area contributed by atoms with E-state index in [1.165, 1.54) is 12.8 Å². The highest BCUT2D eigenvalue weighted by Crippen LogP contribution is 2.20. The third-order valence-corrected chi connectivity index (χ3v) is 3.01. The molecule has 0 spiro atoms. The lowest BCUT2D eigenvalue weighted by molar-refractivity contribution is -0.133. The number of hydrogen-bond acceptors (Lipinski definition) is 2. The van der Waals surface area contributed by atoms with Gasteiger partial charge in [-0.3, -0.25) is 4.79 Å². The molecular formula is C14H30O2. The minimum Gasteiger partial charge on any atom is -0.385 e. The molecule has 0 amide bonds. The summed E-state index contributed by atoms with van der Waals surface area (Å²) in [6, 6.07) is 0. The van der Waals surface area contributed by atoms with Crippen molar-refractivity contribution in [2.45, 2.75) is 73.3 Å². The van der Waals surface area contributed by atoms with E-state index in [9.17, 15) is 9.90 Å². The first-order valence-corrected chi connectivity index (χ1v) is 6.26. The first-order valence-electron chi connectivity index (χ1n) is 6.26. The van der Waals surface area contributed by atoms with Gasteiger partial charge in [-0.25, -0.2) is 0 Å². The molecule has 1 N–H and O–H groups in total. The molecule has 0 aliphatic rings. The minimum absolute atomic E-state index is 0. The van der Waals surface area contributed by atoms with Gasteiger partial charge in [-0.1, -0.05) is 60.8 Å². The molecule has 2 atom stereocenters. The standard InChI is InChI=1S/C13H26O2.CH4/c1-5-7-8-9-11(6-2)13(15)12(14)10(3)4;/h10-11,13,15H,5-9H2,1-4H3;1H4. The van der Waals surface area contributed by atoms with Crippen LogP contribution in [0.1, 0.15) is 67.2 Å². The third-order valence-electron chi connectivity index (χ3n) is 3.01. The second-order valence-electron chi connectivity index (χ2n) is 4.67. The monoisotopic (exact) mass is 230 g/mol. The van der Waals surface area contributed by atoms with Gasteiger partial charge in [0.25, 0.3) is 0 Å². The van der Waals surface area contributed by atoms with Crippen molar-refractivity contribution in [1.82, 2.24) is 0 Å². The fourth-order valence-electron chi connectivity index (χ4n) is 1.82. The van der Waals surface area contributed by atoms with Gasteiger partial charge in [-0.2, -0.15) is 0 Å². The van der Waals surface area contributed by atoms with E-state index < -0.39 is 6.10 Å².